The lowest BCUT2D eigenvalue weighted by molar-refractivity contribution is -0.159. The fraction of sp³-hybridized carbons (Fsp3) is 0.333. The van der Waals surface area contributed by atoms with Gasteiger partial charge < -0.3 is 20.0 Å². The molecule has 3 heterocycles. The molecule has 1 aliphatic rings. The summed E-state index contributed by atoms with van der Waals surface area (Å²) in [6, 6.07) is 5.99. The number of pyridine rings is 1. The second-order valence-electron chi connectivity index (χ2n) is 5.30. The van der Waals surface area contributed by atoms with Crippen molar-refractivity contribution in [3.05, 3.63) is 30.1 Å². The summed E-state index contributed by atoms with van der Waals surface area (Å²) in [6.07, 6.45) is 2.59. The Kier molecular flexibility index (Phi) is 5.48. The predicted molar refractivity (Wildman–Crippen MR) is 85.6 cm³/mol. The highest BCUT2D eigenvalue weighted by Gasteiger charge is 2.16. The number of carbonyl (C=O) groups excluding carboxylic acids is 1. The molecule has 2 aromatic rings. The van der Waals surface area contributed by atoms with Gasteiger partial charge in [-0.15, -0.1) is 0 Å². The minimum atomic E-state index is -1.82. The summed E-state index contributed by atoms with van der Waals surface area (Å²) in [5, 5.41) is 14.8. The molecule has 1 saturated heterocycles. The van der Waals surface area contributed by atoms with Gasteiger partial charge in [-0.3, -0.25) is 9.20 Å². The number of anilines is 1. The summed E-state index contributed by atoms with van der Waals surface area (Å²) < 4.78 is 2.00. The van der Waals surface area contributed by atoms with Crippen LogP contribution in [0.15, 0.2) is 24.4 Å². The van der Waals surface area contributed by atoms with E-state index in [0.717, 1.165) is 43.9 Å². The lowest BCUT2D eigenvalue weighted by atomic mass is 10.3. The van der Waals surface area contributed by atoms with Crippen molar-refractivity contribution >= 4 is 29.7 Å². The van der Waals surface area contributed by atoms with E-state index in [1.54, 1.807) is 6.20 Å². The molecule has 2 N–H and O–H groups in total. The standard InChI is InChI=1S/C13H16N4O.C2H2O4/c1-15-5-7-16(8-6-15)13-4-2-3-12-14-11(10-18)9-17(12)13;3-1(4)2(5)6/h2-4,9-10H,5-8H2,1H3;(H,3,4)(H,5,6). The maximum absolute atomic E-state index is 10.8. The largest absolute Gasteiger partial charge is 0.473 e. The quantitative estimate of drug-likeness (QED) is 0.585. The number of hydrogen-bond acceptors (Lipinski definition) is 6. The number of piperazine rings is 1. The Balaban J connectivity index is 0.000000301. The van der Waals surface area contributed by atoms with Gasteiger partial charge in [0.15, 0.2) is 6.29 Å². The molecule has 1 fully saturated rings. The van der Waals surface area contributed by atoms with Gasteiger partial charge in [0.25, 0.3) is 0 Å². The van der Waals surface area contributed by atoms with Crippen molar-refractivity contribution in [2.45, 2.75) is 0 Å². The van der Waals surface area contributed by atoms with E-state index in [4.69, 9.17) is 19.8 Å². The summed E-state index contributed by atoms with van der Waals surface area (Å²) in [6.45, 7) is 4.13. The molecule has 9 heteroatoms. The normalized spacial score (nSPS) is 14.8. The molecule has 128 valence electrons. The van der Waals surface area contributed by atoms with Crippen LogP contribution in [0.4, 0.5) is 5.82 Å². The van der Waals surface area contributed by atoms with Gasteiger partial charge in [0, 0.05) is 32.4 Å². The van der Waals surface area contributed by atoms with Gasteiger partial charge >= 0.3 is 11.9 Å². The summed E-state index contributed by atoms with van der Waals surface area (Å²) in [5.74, 6) is -2.54. The SMILES string of the molecule is CN1CCN(c2cccc3nc(C=O)cn23)CC1.O=C(O)C(=O)O. The minimum absolute atomic E-state index is 0.483. The molecular formula is C15H18N4O5. The molecule has 0 amide bonds. The van der Waals surface area contributed by atoms with Crippen molar-refractivity contribution in [1.29, 1.82) is 0 Å². The third-order valence-corrected chi connectivity index (χ3v) is 3.62. The lowest BCUT2D eigenvalue weighted by Gasteiger charge is -2.34. The van der Waals surface area contributed by atoms with Crippen LogP contribution in [-0.4, -0.2) is 75.9 Å². The number of rotatable bonds is 2. The number of fused-ring (bicyclic) bond motifs is 1. The Hall–Kier alpha value is -2.94. The second-order valence-corrected chi connectivity index (χ2v) is 5.30. The average Bonchev–Trinajstić information content (AvgIpc) is 2.99. The third kappa shape index (κ3) is 4.07. The van der Waals surface area contributed by atoms with Crippen LogP contribution in [0.1, 0.15) is 10.5 Å². The van der Waals surface area contributed by atoms with Crippen LogP contribution in [0.5, 0.6) is 0 Å². The molecule has 24 heavy (non-hydrogen) atoms. The Morgan fingerprint density at radius 3 is 2.29 bits per heavy atom. The Bertz CT molecular complexity index is 737. The number of likely N-dealkylation sites (N-methyl/N-ethyl adjacent to an activating group) is 1. The van der Waals surface area contributed by atoms with E-state index in [1.807, 2.05) is 16.5 Å². The maximum Gasteiger partial charge on any atom is 0.414 e. The first kappa shape index (κ1) is 17.4. The number of nitrogens with zero attached hydrogens (tertiary/aromatic N) is 4. The first-order chi connectivity index (χ1) is 11.4. The maximum atomic E-state index is 10.8. The van der Waals surface area contributed by atoms with Crippen LogP contribution in [0, 0.1) is 0 Å². The number of imidazole rings is 1. The highest BCUT2D eigenvalue weighted by atomic mass is 16.4. The van der Waals surface area contributed by atoms with E-state index in [0.29, 0.717) is 5.69 Å². The van der Waals surface area contributed by atoms with E-state index in [-0.39, 0.29) is 0 Å². The number of hydrogen-bond donors (Lipinski definition) is 2. The summed E-state index contributed by atoms with van der Waals surface area (Å²) in [4.78, 5) is 37.9. The zero-order valence-electron chi connectivity index (χ0n) is 13.1. The lowest BCUT2D eigenvalue weighted by Crippen LogP contribution is -2.45. The average molecular weight is 334 g/mol. The van der Waals surface area contributed by atoms with Crippen LogP contribution in [0.3, 0.4) is 0 Å². The van der Waals surface area contributed by atoms with Crippen LogP contribution >= 0.6 is 0 Å². The van der Waals surface area contributed by atoms with E-state index < -0.39 is 11.9 Å². The highest BCUT2D eigenvalue weighted by molar-refractivity contribution is 6.27. The zero-order valence-corrected chi connectivity index (χ0v) is 13.1. The van der Waals surface area contributed by atoms with Crippen LogP contribution < -0.4 is 4.90 Å². The van der Waals surface area contributed by atoms with Gasteiger partial charge in [-0.25, -0.2) is 14.6 Å². The van der Waals surface area contributed by atoms with E-state index >= 15 is 0 Å². The van der Waals surface area contributed by atoms with Gasteiger partial charge in [-0.05, 0) is 19.2 Å². The highest BCUT2D eigenvalue weighted by Crippen LogP contribution is 2.18. The molecule has 0 radical (unpaired) electrons. The number of carboxylic acids is 2. The van der Waals surface area contributed by atoms with Crippen LogP contribution in [0.25, 0.3) is 5.65 Å². The topological polar surface area (TPSA) is 115 Å². The van der Waals surface area contributed by atoms with Gasteiger partial charge in [-0.1, -0.05) is 6.07 Å². The molecule has 0 unspecified atom stereocenters. The predicted octanol–water partition coefficient (Wildman–Crippen LogP) is 0.0542. The van der Waals surface area contributed by atoms with E-state index in [9.17, 15) is 4.79 Å². The Morgan fingerprint density at radius 1 is 1.12 bits per heavy atom. The summed E-state index contributed by atoms with van der Waals surface area (Å²) in [7, 11) is 2.14. The van der Waals surface area contributed by atoms with Crippen molar-refractivity contribution in [1.82, 2.24) is 14.3 Å². The first-order valence-electron chi connectivity index (χ1n) is 7.25. The van der Waals surface area contributed by atoms with Gasteiger partial charge in [0.1, 0.15) is 17.2 Å². The van der Waals surface area contributed by atoms with Gasteiger partial charge in [-0.2, -0.15) is 0 Å². The van der Waals surface area contributed by atoms with Crippen molar-refractivity contribution in [2.24, 2.45) is 0 Å². The molecule has 1 aliphatic heterocycles. The summed E-state index contributed by atoms with van der Waals surface area (Å²) >= 11 is 0. The Morgan fingerprint density at radius 2 is 1.75 bits per heavy atom. The molecule has 0 bridgehead atoms. The molecule has 3 rings (SSSR count). The first-order valence-corrected chi connectivity index (χ1v) is 7.25. The van der Waals surface area contributed by atoms with Crippen molar-refractivity contribution in [3.63, 3.8) is 0 Å². The smallest absolute Gasteiger partial charge is 0.414 e. The molecule has 0 atom stereocenters. The van der Waals surface area contributed by atoms with E-state index in [1.165, 1.54) is 0 Å². The monoisotopic (exact) mass is 334 g/mol. The molecule has 0 aliphatic carbocycles. The number of aromatic nitrogens is 2. The molecular weight excluding hydrogens is 316 g/mol. The Labute approximate surface area is 137 Å². The van der Waals surface area contributed by atoms with Gasteiger partial charge in [0.05, 0.1) is 0 Å². The molecule has 0 saturated carbocycles. The van der Waals surface area contributed by atoms with Crippen molar-refractivity contribution in [3.8, 4) is 0 Å². The third-order valence-electron chi connectivity index (χ3n) is 3.62. The van der Waals surface area contributed by atoms with Gasteiger partial charge in [0.2, 0.25) is 0 Å². The molecule has 9 nitrogen and oxygen atoms in total. The molecule has 2 aromatic heterocycles. The van der Waals surface area contributed by atoms with Crippen molar-refractivity contribution < 1.29 is 24.6 Å². The number of carbonyl (C=O) groups is 3. The number of carboxylic acid groups (broad SMARTS) is 2. The van der Waals surface area contributed by atoms with Crippen LogP contribution in [0.2, 0.25) is 0 Å². The fourth-order valence-electron chi connectivity index (χ4n) is 2.37. The van der Waals surface area contributed by atoms with Crippen molar-refractivity contribution in [2.75, 3.05) is 38.1 Å². The number of aliphatic carboxylic acids is 2. The molecule has 0 spiro atoms. The van der Waals surface area contributed by atoms with Crippen LogP contribution in [-0.2, 0) is 9.59 Å². The molecule has 0 aromatic carbocycles. The fourth-order valence-corrected chi connectivity index (χ4v) is 2.37. The van der Waals surface area contributed by atoms with E-state index in [2.05, 4.69) is 27.9 Å². The second kappa shape index (κ2) is 7.55. The number of aldehydes is 1. The minimum Gasteiger partial charge on any atom is -0.473 e. The summed E-state index contributed by atoms with van der Waals surface area (Å²) in [5.41, 5.74) is 1.31. The zero-order chi connectivity index (χ0) is 17.7.